The Bertz CT molecular complexity index is 469. The van der Waals surface area contributed by atoms with Gasteiger partial charge in [-0.3, -0.25) is 0 Å². The van der Waals surface area contributed by atoms with Gasteiger partial charge in [0.15, 0.2) is 0 Å². The molecule has 0 heterocycles. The number of hydrogen-bond acceptors (Lipinski definition) is 0. The molecule has 0 heteroatoms. The Hall–Kier alpha value is -2.08. The van der Waals surface area contributed by atoms with E-state index < -0.39 is 0 Å². The molecular formula is C20H22. The van der Waals surface area contributed by atoms with Crippen LogP contribution < -0.4 is 0 Å². The molecule has 0 atom stereocenters. The van der Waals surface area contributed by atoms with Crippen LogP contribution in [0.25, 0.3) is 0 Å². The SMILES string of the molecule is C(=C\Cc1ccccc1)/CC/C=C/Cc1ccccc1. The molecule has 0 unspecified atom stereocenters. The molecule has 0 N–H and O–H groups in total. The van der Waals surface area contributed by atoms with Gasteiger partial charge in [0.1, 0.15) is 0 Å². The second kappa shape index (κ2) is 8.92. The molecule has 0 amide bonds. The summed E-state index contributed by atoms with van der Waals surface area (Å²) in [6.07, 6.45) is 13.4. The fraction of sp³-hybridized carbons (Fsp3) is 0.200. The van der Waals surface area contributed by atoms with Crippen molar-refractivity contribution in [3.63, 3.8) is 0 Å². The molecule has 0 bridgehead atoms. The molecule has 2 aromatic carbocycles. The zero-order chi connectivity index (χ0) is 13.9. The van der Waals surface area contributed by atoms with Crippen molar-refractivity contribution in [2.45, 2.75) is 25.7 Å². The zero-order valence-corrected chi connectivity index (χ0v) is 11.9. The summed E-state index contributed by atoms with van der Waals surface area (Å²) in [6.45, 7) is 0. The van der Waals surface area contributed by atoms with Crippen molar-refractivity contribution in [1.29, 1.82) is 0 Å². The smallest absolute Gasteiger partial charge is 0.00975 e. The first-order chi connectivity index (χ1) is 9.95. The first kappa shape index (κ1) is 14.3. The van der Waals surface area contributed by atoms with Gasteiger partial charge in [-0.2, -0.15) is 0 Å². The molecule has 0 aromatic heterocycles. The fourth-order valence-corrected chi connectivity index (χ4v) is 2.10. The highest BCUT2D eigenvalue weighted by molar-refractivity contribution is 5.18. The van der Waals surface area contributed by atoms with Crippen LogP contribution >= 0.6 is 0 Å². The highest BCUT2D eigenvalue weighted by Crippen LogP contribution is 2.03. The predicted octanol–water partition coefficient (Wildman–Crippen LogP) is 5.36. The van der Waals surface area contributed by atoms with Crippen molar-refractivity contribution in [3.8, 4) is 0 Å². The lowest BCUT2D eigenvalue weighted by molar-refractivity contribution is 1.03. The molecule has 0 fully saturated rings. The molecule has 0 spiro atoms. The summed E-state index contributed by atoms with van der Waals surface area (Å²) in [4.78, 5) is 0. The average Bonchev–Trinajstić information content (AvgIpc) is 2.52. The number of rotatable bonds is 7. The monoisotopic (exact) mass is 262 g/mol. The van der Waals surface area contributed by atoms with Crippen molar-refractivity contribution in [1.82, 2.24) is 0 Å². The Morgan fingerprint density at radius 3 is 1.30 bits per heavy atom. The number of benzene rings is 2. The van der Waals surface area contributed by atoms with Gasteiger partial charge in [-0.05, 0) is 36.8 Å². The lowest BCUT2D eigenvalue weighted by Gasteiger charge is -1.95. The second-order valence-corrected chi connectivity index (χ2v) is 4.90. The van der Waals surface area contributed by atoms with Crippen LogP contribution in [-0.4, -0.2) is 0 Å². The standard InChI is InChI=1S/C20H22/c1(3-7-13-19-15-9-5-10-16-19)2-4-8-14-20-17-11-6-12-18-20/h3-12,15-18H,1-2,13-14H2/b7-3+,8-4+. The summed E-state index contributed by atoms with van der Waals surface area (Å²) in [5, 5.41) is 0. The Morgan fingerprint density at radius 1 is 0.500 bits per heavy atom. The van der Waals surface area contributed by atoms with Crippen LogP contribution in [0.1, 0.15) is 24.0 Å². The van der Waals surface area contributed by atoms with E-state index in [-0.39, 0.29) is 0 Å². The van der Waals surface area contributed by atoms with Gasteiger partial charge in [-0.25, -0.2) is 0 Å². The average molecular weight is 262 g/mol. The molecule has 0 aliphatic carbocycles. The fourth-order valence-electron chi connectivity index (χ4n) is 2.10. The van der Waals surface area contributed by atoms with Crippen molar-refractivity contribution in [2.75, 3.05) is 0 Å². The van der Waals surface area contributed by atoms with E-state index in [9.17, 15) is 0 Å². The second-order valence-electron chi connectivity index (χ2n) is 4.90. The van der Waals surface area contributed by atoms with Crippen LogP contribution in [0.15, 0.2) is 85.0 Å². The van der Waals surface area contributed by atoms with Crippen LogP contribution in [0.2, 0.25) is 0 Å². The van der Waals surface area contributed by atoms with Crippen LogP contribution in [0.3, 0.4) is 0 Å². The Morgan fingerprint density at radius 2 is 0.900 bits per heavy atom. The molecular weight excluding hydrogens is 240 g/mol. The predicted molar refractivity (Wildman–Crippen MR) is 87.8 cm³/mol. The van der Waals surface area contributed by atoms with E-state index in [1.54, 1.807) is 0 Å². The molecule has 102 valence electrons. The molecule has 0 saturated heterocycles. The lowest BCUT2D eigenvalue weighted by Crippen LogP contribution is -1.79. The summed E-state index contributed by atoms with van der Waals surface area (Å²) >= 11 is 0. The van der Waals surface area contributed by atoms with Gasteiger partial charge in [0.05, 0.1) is 0 Å². The summed E-state index contributed by atoms with van der Waals surface area (Å²) in [5.74, 6) is 0. The van der Waals surface area contributed by atoms with E-state index in [2.05, 4.69) is 85.0 Å². The van der Waals surface area contributed by atoms with E-state index in [0.717, 1.165) is 25.7 Å². The third-order valence-electron chi connectivity index (χ3n) is 3.23. The van der Waals surface area contributed by atoms with Crippen LogP contribution in [0.4, 0.5) is 0 Å². The highest BCUT2D eigenvalue weighted by Gasteiger charge is 1.86. The van der Waals surface area contributed by atoms with E-state index in [1.165, 1.54) is 11.1 Å². The van der Waals surface area contributed by atoms with Gasteiger partial charge >= 0.3 is 0 Å². The first-order valence-corrected chi connectivity index (χ1v) is 7.33. The molecule has 0 aliphatic heterocycles. The number of hydrogen-bond donors (Lipinski definition) is 0. The van der Waals surface area contributed by atoms with Gasteiger partial charge in [0.2, 0.25) is 0 Å². The molecule has 0 radical (unpaired) electrons. The topological polar surface area (TPSA) is 0 Å². The maximum atomic E-state index is 2.28. The maximum absolute atomic E-state index is 2.28. The van der Waals surface area contributed by atoms with Crippen molar-refractivity contribution in [3.05, 3.63) is 96.1 Å². The maximum Gasteiger partial charge on any atom is -0.00975 e. The third kappa shape index (κ3) is 5.71. The number of allylic oxidation sites excluding steroid dienone is 4. The summed E-state index contributed by atoms with van der Waals surface area (Å²) in [5.41, 5.74) is 2.76. The Balaban J connectivity index is 1.59. The van der Waals surface area contributed by atoms with Gasteiger partial charge in [0.25, 0.3) is 0 Å². The number of unbranched alkanes of at least 4 members (excludes halogenated alkanes) is 1. The minimum atomic E-state index is 1.04. The minimum absolute atomic E-state index is 1.04. The van der Waals surface area contributed by atoms with Gasteiger partial charge in [0, 0.05) is 0 Å². The summed E-state index contributed by atoms with van der Waals surface area (Å²) in [7, 11) is 0. The van der Waals surface area contributed by atoms with E-state index in [0.29, 0.717) is 0 Å². The first-order valence-electron chi connectivity index (χ1n) is 7.33. The largest absolute Gasteiger partial charge is 0.0879 e. The van der Waals surface area contributed by atoms with Gasteiger partial charge in [-0.15, -0.1) is 0 Å². The Labute approximate surface area is 122 Å². The normalized spacial score (nSPS) is 11.4. The molecule has 2 aromatic rings. The van der Waals surface area contributed by atoms with Crippen LogP contribution in [0.5, 0.6) is 0 Å². The molecule has 0 saturated carbocycles. The Kier molecular flexibility index (Phi) is 6.40. The molecule has 0 aliphatic rings. The van der Waals surface area contributed by atoms with E-state index in [1.807, 2.05) is 0 Å². The summed E-state index contributed by atoms with van der Waals surface area (Å²) < 4.78 is 0. The van der Waals surface area contributed by atoms with E-state index in [4.69, 9.17) is 0 Å². The zero-order valence-electron chi connectivity index (χ0n) is 11.9. The molecule has 20 heavy (non-hydrogen) atoms. The van der Waals surface area contributed by atoms with Crippen LogP contribution in [-0.2, 0) is 12.8 Å². The van der Waals surface area contributed by atoms with Crippen molar-refractivity contribution < 1.29 is 0 Å². The van der Waals surface area contributed by atoms with Crippen LogP contribution in [0, 0.1) is 0 Å². The lowest BCUT2D eigenvalue weighted by atomic mass is 10.1. The van der Waals surface area contributed by atoms with Gasteiger partial charge in [-0.1, -0.05) is 85.0 Å². The molecule has 0 nitrogen and oxygen atoms in total. The van der Waals surface area contributed by atoms with E-state index >= 15 is 0 Å². The van der Waals surface area contributed by atoms with Gasteiger partial charge < -0.3 is 0 Å². The quantitative estimate of drug-likeness (QED) is 0.465. The van der Waals surface area contributed by atoms with Crippen molar-refractivity contribution >= 4 is 0 Å². The van der Waals surface area contributed by atoms with Crippen molar-refractivity contribution in [2.24, 2.45) is 0 Å². The molecule has 2 rings (SSSR count). The minimum Gasteiger partial charge on any atom is -0.0879 e. The highest BCUT2D eigenvalue weighted by atomic mass is 13.9. The summed E-state index contributed by atoms with van der Waals surface area (Å²) in [6, 6.07) is 21.2. The third-order valence-corrected chi connectivity index (χ3v) is 3.23.